The zero-order chi connectivity index (χ0) is 38.5. The van der Waals surface area contributed by atoms with E-state index in [1.165, 1.54) is 17.7 Å². The van der Waals surface area contributed by atoms with E-state index in [0.717, 1.165) is 64.2 Å². The molecule has 5 fully saturated rings. The van der Waals surface area contributed by atoms with E-state index in [0.29, 0.717) is 17.5 Å². The lowest BCUT2D eigenvalue weighted by Crippen LogP contribution is -2.68. The highest BCUT2D eigenvalue weighted by molar-refractivity contribution is 5.89. The number of rotatable bonds is 5. The van der Waals surface area contributed by atoms with Gasteiger partial charge in [-0.15, -0.1) is 0 Å². The van der Waals surface area contributed by atoms with Crippen LogP contribution in [0.2, 0.25) is 0 Å². The van der Waals surface area contributed by atoms with E-state index in [9.17, 15) is 34.7 Å². The Morgan fingerprint density at radius 3 is 2.25 bits per heavy atom. The lowest BCUT2D eigenvalue weighted by Gasteiger charge is -2.72. The minimum atomic E-state index is -1.52. The van der Waals surface area contributed by atoms with Crippen molar-refractivity contribution >= 4 is 11.7 Å². The first kappa shape index (κ1) is 39.2. The Morgan fingerprint density at radius 1 is 0.887 bits per heavy atom. The number of anilines is 1. The third-order valence-corrected chi connectivity index (χ3v) is 17.0. The van der Waals surface area contributed by atoms with Crippen LogP contribution in [0.1, 0.15) is 113 Å². The van der Waals surface area contributed by atoms with Gasteiger partial charge in [0.05, 0.1) is 12.7 Å². The molecular weight excluding hydrogens is 675 g/mol. The molecule has 1 saturated heterocycles. The topological polar surface area (TPSA) is 152 Å². The quantitative estimate of drug-likeness (QED) is 0.175. The number of halogens is 1. The minimum Gasteiger partial charge on any atom is -0.394 e. The number of hydrogen-bond donors (Lipinski definition) is 7. The number of allylic oxidation sites excluding steroid dienone is 2. The van der Waals surface area contributed by atoms with Crippen molar-refractivity contribution in [3.8, 4) is 0 Å². The first-order chi connectivity index (χ1) is 24.7. The van der Waals surface area contributed by atoms with Gasteiger partial charge in [-0.3, -0.25) is 0 Å². The summed E-state index contributed by atoms with van der Waals surface area (Å²) in [5, 5.41) is 61.0. The molecule has 10 heteroatoms. The number of ether oxygens (including phenoxy) is 1. The monoisotopic (exact) mass is 740 g/mol. The molecule has 14 atom stereocenters. The van der Waals surface area contributed by atoms with Crippen molar-refractivity contribution in [3.63, 3.8) is 0 Å². The van der Waals surface area contributed by atoms with Crippen molar-refractivity contribution in [2.75, 3.05) is 11.9 Å². The molecule has 0 spiro atoms. The first-order valence-corrected chi connectivity index (χ1v) is 20.3. The second kappa shape index (κ2) is 13.3. The molecule has 1 heterocycles. The van der Waals surface area contributed by atoms with Gasteiger partial charge in [-0.1, -0.05) is 60.1 Å². The predicted octanol–water partition coefficient (Wildman–Crippen LogP) is 6.32. The van der Waals surface area contributed by atoms with Gasteiger partial charge >= 0.3 is 6.03 Å². The van der Waals surface area contributed by atoms with E-state index >= 15 is 0 Å². The van der Waals surface area contributed by atoms with Crippen LogP contribution >= 0.6 is 0 Å². The van der Waals surface area contributed by atoms with Crippen LogP contribution in [0, 0.1) is 56.1 Å². The largest absolute Gasteiger partial charge is 0.394 e. The van der Waals surface area contributed by atoms with Gasteiger partial charge in [0, 0.05) is 17.1 Å². The van der Waals surface area contributed by atoms with Crippen LogP contribution in [0.5, 0.6) is 0 Å². The Labute approximate surface area is 315 Å². The zero-order valence-electron chi connectivity index (χ0n) is 32.9. The SMILES string of the molecule is CC1(C)CC[C@]2([C@H](O)[C@H]3O[C@H](CO)[C@H](O)C(O)C3O)CC[C@]3(C)C(=CCC4[C@@]5(C)CC[C@H](NC(=O)Nc6ccc(F)cc6)C(C)(C)C5CC[C@]43C)C2C1. The van der Waals surface area contributed by atoms with Crippen LogP contribution < -0.4 is 10.6 Å². The highest BCUT2D eigenvalue weighted by Crippen LogP contribution is 2.76. The molecule has 296 valence electrons. The molecule has 0 aromatic heterocycles. The second-order valence-corrected chi connectivity index (χ2v) is 20.2. The van der Waals surface area contributed by atoms with Gasteiger partial charge in [0.25, 0.3) is 0 Å². The summed E-state index contributed by atoms with van der Waals surface area (Å²) in [6, 6.07) is 5.58. The third-order valence-electron chi connectivity index (χ3n) is 17.0. The molecule has 9 nitrogen and oxygen atoms in total. The Balaban J connectivity index is 1.17. The maximum absolute atomic E-state index is 13.5. The molecule has 6 aliphatic rings. The van der Waals surface area contributed by atoms with Gasteiger partial charge in [0.15, 0.2) is 0 Å². The molecule has 53 heavy (non-hydrogen) atoms. The van der Waals surface area contributed by atoms with Gasteiger partial charge in [-0.2, -0.15) is 0 Å². The smallest absolute Gasteiger partial charge is 0.319 e. The molecule has 1 aromatic rings. The van der Waals surface area contributed by atoms with E-state index in [4.69, 9.17) is 4.74 Å². The molecule has 1 aliphatic heterocycles. The van der Waals surface area contributed by atoms with Gasteiger partial charge < -0.3 is 40.9 Å². The molecule has 2 amide bonds. The normalized spacial score (nSPS) is 46.4. The highest BCUT2D eigenvalue weighted by Gasteiger charge is 2.70. The minimum absolute atomic E-state index is 0.000617. The van der Waals surface area contributed by atoms with Crippen LogP contribution in [0.25, 0.3) is 0 Å². The lowest BCUT2D eigenvalue weighted by molar-refractivity contribution is -0.272. The van der Waals surface area contributed by atoms with Gasteiger partial charge in [0.2, 0.25) is 0 Å². The van der Waals surface area contributed by atoms with Crippen molar-refractivity contribution in [1.82, 2.24) is 5.32 Å². The molecule has 0 radical (unpaired) electrons. The van der Waals surface area contributed by atoms with Crippen LogP contribution in [0.15, 0.2) is 35.9 Å². The van der Waals surface area contributed by atoms with Crippen molar-refractivity contribution in [2.45, 2.75) is 155 Å². The molecule has 0 bridgehead atoms. The van der Waals surface area contributed by atoms with Crippen LogP contribution in [-0.2, 0) is 4.74 Å². The molecular formula is C43H65FN2O7. The fourth-order valence-electron chi connectivity index (χ4n) is 13.6. The summed E-state index contributed by atoms with van der Waals surface area (Å²) in [5.74, 6) is 0.565. The maximum atomic E-state index is 13.5. The standard InChI is InChI=1S/C43H65FN2O7/c1-38(2)18-20-43(36(51)35-34(50)33(49)32(48)28(23-47)53-35)21-19-41(6)26(27(43)22-38)12-13-30-40(5)16-15-31(39(3,4)29(40)14-17-42(30,41)7)46-37(52)45-25-10-8-24(44)9-11-25/h8-12,27-36,47-51H,13-23H2,1-7H3,(H2,45,46,52)/t27?,28-,29?,30?,31+,32+,33?,34?,35+,36-,40+,41-,42-,43+/m1/s1. The van der Waals surface area contributed by atoms with Crippen molar-refractivity contribution < 1.29 is 39.5 Å². The van der Waals surface area contributed by atoms with E-state index in [1.807, 2.05) is 0 Å². The number of amides is 2. The second-order valence-electron chi connectivity index (χ2n) is 20.2. The summed E-state index contributed by atoms with van der Waals surface area (Å²) in [6.07, 6.45) is 4.06. The van der Waals surface area contributed by atoms with E-state index < -0.39 is 48.6 Å². The van der Waals surface area contributed by atoms with Crippen LogP contribution in [0.4, 0.5) is 14.9 Å². The van der Waals surface area contributed by atoms with Crippen molar-refractivity contribution in [1.29, 1.82) is 0 Å². The molecule has 7 N–H and O–H groups in total. The number of fused-ring (bicyclic) bond motifs is 7. The summed E-state index contributed by atoms with van der Waals surface area (Å²) in [5.41, 5.74) is 1.31. The Bertz CT molecular complexity index is 1580. The first-order valence-electron chi connectivity index (χ1n) is 20.3. The van der Waals surface area contributed by atoms with Crippen LogP contribution in [0.3, 0.4) is 0 Å². The number of carbonyl (C=O) groups excluding carboxylic acids is 1. The van der Waals surface area contributed by atoms with Crippen LogP contribution in [-0.4, -0.2) is 80.8 Å². The van der Waals surface area contributed by atoms with Crippen molar-refractivity contribution in [3.05, 3.63) is 41.7 Å². The fraction of sp³-hybridized carbons (Fsp3) is 0.791. The van der Waals surface area contributed by atoms with E-state index in [1.54, 1.807) is 12.1 Å². The highest BCUT2D eigenvalue weighted by atomic mass is 19.1. The number of urea groups is 1. The number of hydrogen-bond acceptors (Lipinski definition) is 7. The Kier molecular flexibility index (Phi) is 9.80. The van der Waals surface area contributed by atoms with Gasteiger partial charge in [-0.05, 0) is 133 Å². The summed E-state index contributed by atoms with van der Waals surface area (Å²) in [6.45, 7) is 16.3. The molecule has 5 unspecified atom stereocenters. The van der Waals surface area contributed by atoms with E-state index in [-0.39, 0.29) is 50.9 Å². The predicted molar refractivity (Wildman–Crippen MR) is 201 cm³/mol. The third kappa shape index (κ3) is 5.94. The molecule has 4 saturated carbocycles. The van der Waals surface area contributed by atoms with E-state index in [2.05, 4.69) is 65.2 Å². The zero-order valence-corrected chi connectivity index (χ0v) is 32.9. The number of aliphatic hydroxyl groups excluding tert-OH is 5. The summed E-state index contributed by atoms with van der Waals surface area (Å²) < 4.78 is 19.5. The Morgan fingerprint density at radius 2 is 1.57 bits per heavy atom. The molecule has 1 aromatic carbocycles. The number of nitrogens with one attached hydrogen (secondary N) is 2. The molecule has 5 aliphatic carbocycles. The summed E-state index contributed by atoms with van der Waals surface area (Å²) >= 11 is 0. The summed E-state index contributed by atoms with van der Waals surface area (Å²) in [7, 11) is 0. The fourth-order valence-corrected chi connectivity index (χ4v) is 13.6. The Hall–Kier alpha value is -2.08. The number of aliphatic hydroxyl groups is 5. The maximum Gasteiger partial charge on any atom is 0.319 e. The lowest BCUT2D eigenvalue weighted by atomic mass is 9.33. The average molecular weight is 741 g/mol. The molecule has 7 rings (SSSR count). The number of benzene rings is 1. The number of carbonyl (C=O) groups is 1. The van der Waals surface area contributed by atoms with Gasteiger partial charge in [0.1, 0.15) is 36.3 Å². The van der Waals surface area contributed by atoms with Crippen molar-refractivity contribution in [2.24, 2.45) is 50.2 Å². The van der Waals surface area contributed by atoms with Gasteiger partial charge in [-0.25, -0.2) is 9.18 Å². The summed E-state index contributed by atoms with van der Waals surface area (Å²) in [4.78, 5) is 13.2. The average Bonchev–Trinajstić information content (AvgIpc) is 3.09.